The third kappa shape index (κ3) is 2.69. The smallest absolute Gasteiger partial charge is 0.125 e. The summed E-state index contributed by atoms with van der Waals surface area (Å²) in [5.41, 5.74) is 8.24. The number of fused-ring (bicyclic) bond motifs is 1. The molecule has 2 rings (SSSR count). The van der Waals surface area contributed by atoms with Crippen LogP contribution in [0.2, 0.25) is 5.02 Å². The Morgan fingerprint density at radius 3 is 3.00 bits per heavy atom. The van der Waals surface area contributed by atoms with Gasteiger partial charge in [0, 0.05) is 11.1 Å². The number of hydrogen-bond donors (Lipinski definition) is 1. The molecule has 0 fully saturated rings. The summed E-state index contributed by atoms with van der Waals surface area (Å²) in [5, 5.41) is 0.792. The Labute approximate surface area is 102 Å². The standard InChI is InChI=1S/C13H18ClNO/c1-9(15)6-11-8-12(14)7-10-4-2-3-5-16-13(10)11/h7-9H,2-6,15H2,1H3. The second-order valence-corrected chi connectivity index (χ2v) is 4.98. The van der Waals surface area contributed by atoms with Gasteiger partial charge < -0.3 is 10.5 Å². The van der Waals surface area contributed by atoms with Crippen LogP contribution >= 0.6 is 11.6 Å². The van der Waals surface area contributed by atoms with E-state index in [1.807, 2.05) is 19.1 Å². The second kappa shape index (κ2) is 5.07. The summed E-state index contributed by atoms with van der Waals surface area (Å²) < 4.78 is 5.82. The molecule has 1 aromatic rings. The molecule has 0 saturated heterocycles. The molecule has 3 heteroatoms. The molecular weight excluding hydrogens is 222 g/mol. The molecule has 0 bridgehead atoms. The highest BCUT2D eigenvalue weighted by Crippen LogP contribution is 2.32. The summed E-state index contributed by atoms with van der Waals surface area (Å²) in [6, 6.07) is 4.14. The minimum Gasteiger partial charge on any atom is -0.493 e. The summed E-state index contributed by atoms with van der Waals surface area (Å²) >= 11 is 6.12. The van der Waals surface area contributed by atoms with Crippen LogP contribution in [0.15, 0.2) is 12.1 Å². The van der Waals surface area contributed by atoms with Crippen LogP contribution in [0.1, 0.15) is 30.9 Å². The molecule has 1 heterocycles. The van der Waals surface area contributed by atoms with Crippen molar-refractivity contribution in [3.63, 3.8) is 0 Å². The SMILES string of the molecule is CC(N)Cc1cc(Cl)cc2c1OCCCC2. The summed E-state index contributed by atoms with van der Waals surface area (Å²) in [6.45, 7) is 2.81. The summed E-state index contributed by atoms with van der Waals surface area (Å²) in [4.78, 5) is 0. The lowest BCUT2D eigenvalue weighted by Crippen LogP contribution is -2.18. The predicted molar refractivity (Wildman–Crippen MR) is 67.2 cm³/mol. The maximum Gasteiger partial charge on any atom is 0.125 e. The van der Waals surface area contributed by atoms with Gasteiger partial charge in [0.1, 0.15) is 5.75 Å². The van der Waals surface area contributed by atoms with E-state index in [0.29, 0.717) is 0 Å². The molecule has 0 amide bonds. The molecular formula is C13H18ClNO. The Balaban J connectivity index is 2.38. The molecule has 0 radical (unpaired) electrons. The Morgan fingerprint density at radius 2 is 2.25 bits per heavy atom. The minimum atomic E-state index is 0.134. The molecule has 2 N–H and O–H groups in total. The number of rotatable bonds is 2. The van der Waals surface area contributed by atoms with Gasteiger partial charge in [0.15, 0.2) is 0 Å². The monoisotopic (exact) mass is 239 g/mol. The molecule has 1 atom stereocenters. The minimum absolute atomic E-state index is 0.134. The predicted octanol–water partition coefficient (Wildman–Crippen LogP) is 2.94. The van der Waals surface area contributed by atoms with Crippen molar-refractivity contribution >= 4 is 11.6 Å². The van der Waals surface area contributed by atoms with Crippen molar-refractivity contribution in [3.05, 3.63) is 28.3 Å². The van der Waals surface area contributed by atoms with Crippen molar-refractivity contribution in [3.8, 4) is 5.75 Å². The first-order valence-corrected chi connectivity index (χ1v) is 6.24. The van der Waals surface area contributed by atoms with Gasteiger partial charge in [-0.25, -0.2) is 0 Å². The molecule has 1 aliphatic heterocycles. The highest BCUT2D eigenvalue weighted by molar-refractivity contribution is 6.30. The molecule has 1 unspecified atom stereocenters. The maximum absolute atomic E-state index is 6.12. The fourth-order valence-electron chi connectivity index (χ4n) is 2.17. The third-order valence-corrected chi connectivity index (χ3v) is 3.05. The summed E-state index contributed by atoms with van der Waals surface area (Å²) in [5.74, 6) is 1.03. The van der Waals surface area contributed by atoms with Crippen molar-refractivity contribution in [2.75, 3.05) is 6.61 Å². The van der Waals surface area contributed by atoms with E-state index in [1.54, 1.807) is 0 Å². The Morgan fingerprint density at radius 1 is 1.44 bits per heavy atom. The maximum atomic E-state index is 6.12. The van der Waals surface area contributed by atoms with Crippen LogP contribution in [-0.2, 0) is 12.8 Å². The molecule has 2 nitrogen and oxygen atoms in total. The van der Waals surface area contributed by atoms with Gasteiger partial charge in [0.2, 0.25) is 0 Å². The Hall–Kier alpha value is -0.730. The van der Waals surface area contributed by atoms with Gasteiger partial charge in [-0.05, 0) is 55.9 Å². The molecule has 0 aliphatic carbocycles. The van der Waals surface area contributed by atoms with Gasteiger partial charge in [-0.3, -0.25) is 0 Å². The van der Waals surface area contributed by atoms with E-state index in [4.69, 9.17) is 22.1 Å². The third-order valence-electron chi connectivity index (χ3n) is 2.84. The Kier molecular flexibility index (Phi) is 3.72. The number of nitrogens with two attached hydrogens (primary N) is 1. The van der Waals surface area contributed by atoms with Crippen LogP contribution in [0.25, 0.3) is 0 Å². The van der Waals surface area contributed by atoms with Crippen LogP contribution in [0.5, 0.6) is 5.75 Å². The van der Waals surface area contributed by atoms with Gasteiger partial charge in [-0.1, -0.05) is 11.6 Å². The fraction of sp³-hybridized carbons (Fsp3) is 0.538. The van der Waals surface area contributed by atoms with Gasteiger partial charge in [0.05, 0.1) is 6.61 Å². The highest BCUT2D eigenvalue weighted by atomic mass is 35.5. The first kappa shape index (κ1) is 11.7. The fourth-order valence-corrected chi connectivity index (χ4v) is 2.44. The second-order valence-electron chi connectivity index (χ2n) is 4.54. The van der Waals surface area contributed by atoms with Crippen molar-refractivity contribution in [1.82, 2.24) is 0 Å². The van der Waals surface area contributed by atoms with Gasteiger partial charge in [-0.15, -0.1) is 0 Å². The lowest BCUT2D eigenvalue weighted by atomic mass is 10.0. The van der Waals surface area contributed by atoms with Crippen molar-refractivity contribution in [1.29, 1.82) is 0 Å². The first-order chi connectivity index (χ1) is 7.66. The van der Waals surface area contributed by atoms with Crippen molar-refractivity contribution in [2.24, 2.45) is 5.73 Å². The average molecular weight is 240 g/mol. The molecule has 1 aliphatic rings. The molecule has 0 spiro atoms. The topological polar surface area (TPSA) is 35.2 Å². The van der Waals surface area contributed by atoms with Crippen LogP contribution in [0.4, 0.5) is 0 Å². The lowest BCUT2D eigenvalue weighted by molar-refractivity contribution is 0.313. The van der Waals surface area contributed by atoms with Crippen LogP contribution < -0.4 is 10.5 Å². The van der Waals surface area contributed by atoms with E-state index < -0.39 is 0 Å². The number of aryl methyl sites for hydroxylation is 1. The van der Waals surface area contributed by atoms with Gasteiger partial charge in [-0.2, -0.15) is 0 Å². The Bertz CT molecular complexity index is 376. The number of hydrogen-bond acceptors (Lipinski definition) is 2. The van der Waals surface area contributed by atoms with Crippen molar-refractivity contribution < 1.29 is 4.74 Å². The normalized spacial score (nSPS) is 17.2. The zero-order chi connectivity index (χ0) is 11.5. The molecule has 0 saturated carbocycles. The zero-order valence-electron chi connectivity index (χ0n) is 9.63. The quantitative estimate of drug-likeness (QED) is 0.861. The van der Waals surface area contributed by atoms with Crippen LogP contribution in [0.3, 0.4) is 0 Å². The van der Waals surface area contributed by atoms with E-state index in [1.165, 1.54) is 12.0 Å². The van der Waals surface area contributed by atoms with E-state index in [-0.39, 0.29) is 6.04 Å². The van der Waals surface area contributed by atoms with Crippen molar-refractivity contribution in [2.45, 2.75) is 38.6 Å². The molecule has 16 heavy (non-hydrogen) atoms. The van der Waals surface area contributed by atoms with Crippen LogP contribution in [-0.4, -0.2) is 12.6 Å². The number of benzene rings is 1. The van der Waals surface area contributed by atoms with E-state index >= 15 is 0 Å². The van der Waals surface area contributed by atoms with E-state index in [9.17, 15) is 0 Å². The van der Waals surface area contributed by atoms with Gasteiger partial charge >= 0.3 is 0 Å². The van der Waals surface area contributed by atoms with E-state index in [0.717, 1.165) is 42.2 Å². The average Bonchev–Trinajstić information content (AvgIpc) is 2.41. The van der Waals surface area contributed by atoms with E-state index in [2.05, 4.69) is 0 Å². The van der Waals surface area contributed by atoms with Crippen LogP contribution in [0, 0.1) is 0 Å². The number of ether oxygens (including phenoxy) is 1. The van der Waals surface area contributed by atoms with Gasteiger partial charge in [0.25, 0.3) is 0 Å². The molecule has 1 aromatic carbocycles. The first-order valence-electron chi connectivity index (χ1n) is 5.86. The summed E-state index contributed by atoms with van der Waals surface area (Å²) in [7, 11) is 0. The molecule has 0 aromatic heterocycles. The lowest BCUT2D eigenvalue weighted by Gasteiger charge is -2.15. The highest BCUT2D eigenvalue weighted by Gasteiger charge is 2.15. The summed E-state index contributed by atoms with van der Waals surface area (Å²) in [6.07, 6.45) is 4.17. The number of halogens is 1. The zero-order valence-corrected chi connectivity index (χ0v) is 10.4. The largest absolute Gasteiger partial charge is 0.493 e. The molecule has 88 valence electrons.